The summed E-state index contributed by atoms with van der Waals surface area (Å²) in [4.78, 5) is 33.5. The zero-order chi connectivity index (χ0) is 31.0. The van der Waals surface area contributed by atoms with Gasteiger partial charge >= 0.3 is 0 Å². The van der Waals surface area contributed by atoms with E-state index in [4.69, 9.17) is 14.2 Å². The van der Waals surface area contributed by atoms with E-state index in [0.29, 0.717) is 62.8 Å². The highest BCUT2D eigenvalue weighted by atomic mass is 32.1. The molecule has 3 aromatic rings. The van der Waals surface area contributed by atoms with Gasteiger partial charge in [0.2, 0.25) is 5.91 Å². The highest BCUT2D eigenvalue weighted by Crippen LogP contribution is 2.28. The average molecular weight is 609 g/mol. The number of carbonyl (C=O) groups excluding carboxylic acids is 2. The molecule has 1 heterocycles. The Morgan fingerprint density at radius 1 is 0.791 bits per heavy atom. The second-order valence-corrected chi connectivity index (χ2v) is 12.1. The first-order valence-corrected chi connectivity index (χ1v) is 16.2. The van der Waals surface area contributed by atoms with Crippen LogP contribution in [-0.2, 0) is 28.9 Å². The van der Waals surface area contributed by atoms with E-state index in [-0.39, 0.29) is 18.4 Å². The van der Waals surface area contributed by atoms with E-state index < -0.39 is 0 Å². The van der Waals surface area contributed by atoms with Crippen LogP contribution >= 0.6 is 11.3 Å². The number of carbonyl (C=O) groups is 2. The lowest BCUT2D eigenvalue weighted by Gasteiger charge is -2.28. The first-order chi connectivity index (χ1) is 20.9. The summed E-state index contributed by atoms with van der Waals surface area (Å²) in [5.41, 5.74) is 2.88. The predicted molar refractivity (Wildman–Crippen MR) is 174 cm³/mol. The maximum Gasteiger partial charge on any atom is 0.254 e. The highest BCUT2D eigenvalue weighted by molar-refractivity contribution is 7.11. The SMILES string of the molecule is CCCCCc1ccc(C(=O)N(CCCOCC)CC(=O)N(CCc2ccc(OC)c(OC)c2)Cc2ccc(C)s2)cc1. The largest absolute Gasteiger partial charge is 0.493 e. The van der Waals surface area contributed by atoms with E-state index >= 15 is 0 Å². The number of hydrogen-bond donors (Lipinski definition) is 0. The number of aryl methyl sites for hydroxylation is 2. The van der Waals surface area contributed by atoms with Crippen LogP contribution in [0.2, 0.25) is 0 Å². The van der Waals surface area contributed by atoms with Crippen molar-refractivity contribution in [3.63, 3.8) is 0 Å². The summed E-state index contributed by atoms with van der Waals surface area (Å²) in [6, 6.07) is 17.9. The van der Waals surface area contributed by atoms with Crippen LogP contribution < -0.4 is 9.47 Å². The van der Waals surface area contributed by atoms with Crippen molar-refractivity contribution in [3.05, 3.63) is 81.0 Å². The normalized spacial score (nSPS) is 10.9. The third-order valence-corrected chi connectivity index (χ3v) is 8.40. The molecule has 0 radical (unpaired) electrons. The van der Waals surface area contributed by atoms with Gasteiger partial charge in [0.1, 0.15) is 6.54 Å². The number of rotatable bonds is 19. The summed E-state index contributed by atoms with van der Waals surface area (Å²) in [6.45, 7) is 8.86. The fourth-order valence-electron chi connectivity index (χ4n) is 4.94. The van der Waals surface area contributed by atoms with Gasteiger partial charge in [-0.3, -0.25) is 9.59 Å². The fraction of sp³-hybridized carbons (Fsp3) is 0.486. The molecule has 0 aliphatic heterocycles. The van der Waals surface area contributed by atoms with Gasteiger partial charge in [-0.1, -0.05) is 38.0 Å². The third-order valence-electron chi connectivity index (χ3n) is 7.42. The number of ether oxygens (including phenoxy) is 3. The summed E-state index contributed by atoms with van der Waals surface area (Å²) in [6.07, 6.45) is 5.84. The summed E-state index contributed by atoms with van der Waals surface area (Å²) < 4.78 is 16.4. The maximum absolute atomic E-state index is 13.9. The summed E-state index contributed by atoms with van der Waals surface area (Å²) in [5.74, 6) is 1.13. The van der Waals surface area contributed by atoms with Gasteiger partial charge in [-0.25, -0.2) is 0 Å². The van der Waals surface area contributed by atoms with Crippen LogP contribution in [0.3, 0.4) is 0 Å². The molecule has 1 aromatic heterocycles. The van der Waals surface area contributed by atoms with Crippen LogP contribution in [0.15, 0.2) is 54.6 Å². The molecule has 0 spiro atoms. The molecular weight excluding hydrogens is 560 g/mol. The van der Waals surface area contributed by atoms with Gasteiger partial charge in [0.05, 0.1) is 20.8 Å². The monoisotopic (exact) mass is 608 g/mol. The van der Waals surface area contributed by atoms with Gasteiger partial charge < -0.3 is 24.0 Å². The Hall–Kier alpha value is -3.36. The smallest absolute Gasteiger partial charge is 0.254 e. The number of thiophene rings is 1. The molecule has 0 unspecified atom stereocenters. The molecule has 0 aliphatic carbocycles. The number of unbranched alkanes of at least 4 members (excludes halogenated alkanes) is 2. The van der Waals surface area contributed by atoms with Crippen LogP contribution in [0.1, 0.15) is 70.8 Å². The van der Waals surface area contributed by atoms with Crippen molar-refractivity contribution in [2.24, 2.45) is 0 Å². The van der Waals surface area contributed by atoms with E-state index in [9.17, 15) is 9.59 Å². The third kappa shape index (κ3) is 11.0. The molecule has 0 N–H and O–H groups in total. The van der Waals surface area contributed by atoms with E-state index in [2.05, 4.69) is 26.0 Å². The molecule has 0 bridgehead atoms. The maximum atomic E-state index is 13.9. The summed E-state index contributed by atoms with van der Waals surface area (Å²) >= 11 is 1.69. The standard InChI is InChI=1S/C35H48N2O5S/c1-6-8-9-11-28-13-16-30(17-14-28)35(39)37(21-10-23-42-7-2)26-34(38)36(25-31-18-12-27(3)43-31)22-20-29-15-19-32(40-4)33(24-29)41-5/h12-19,24H,6-11,20-23,25-26H2,1-5H3. The van der Waals surface area contributed by atoms with Crippen molar-refractivity contribution in [1.29, 1.82) is 0 Å². The molecule has 0 fully saturated rings. The number of nitrogens with zero attached hydrogens (tertiary/aromatic N) is 2. The van der Waals surface area contributed by atoms with Crippen LogP contribution in [0, 0.1) is 6.92 Å². The van der Waals surface area contributed by atoms with Crippen LogP contribution in [-0.4, -0.2) is 68.7 Å². The Morgan fingerprint density at radius 3 is 2.19 bits per heavy atom. The van der Waals surface area contributed by atoms with E-state index in [1.165, 1.54) is 23.3 Å². The molecule has 2 aromatic carbocycles. The van der Waals surface area contributed by atoms with Crippen molar-refractivity contribution >= 4 is 23.2 Å². The summed E-state index contributed by atoms with van der Waals surface area (Å²) in [7, 11) is 3.23. The molecule has 43 heavy (non-hydrogen) atoms. The first-order valence-electron chi connectivity index (χ1n) is 15.4. The highest BCUT2D eigenvalue weighted by Gasteiger charge is 2.23. The Kier molecular flexibility index (Phi) is 14.6. The zero-order valence-electron chi connectivity index (χ0n) is 26.5. The Bertz CT molecular complexity index is 1270. The van der Waals surface area contributed by atoms with Gasteiger partial charge in [0.25, 0.3) is 5.91 Å². The van der Waals surface area contributed by atoms with E-state index in [1.54, 1.807) is 30.5 Å². The molecule has 8 heteroatoms. The predicted octanol–water partition coefficient (Wildman–Crippen LogP) is 6.95. The molecule has 7 nitrogen and oxygen atoms in total. The number of hydrogen-bond acceptors (Lipinski definition) is 6. The minimum atomic E-state index is -0.128. The quantitative estimate of drug-likeness (QED) is 0.138. The lowest BCUT2D eigenvalue weighted by molar-refractivity contribution is -0.132. The van der Waals surface area contributed by atoms with Crippen molar-refractivity contribution in [1.82, 2.24) is 9.80 Å². The Labute approximate surface area is 261 Å². The van der Waals surface area contributed by atoms with Crippen molar-refractivity contribution in [2.75, 3.05) is 47.1 Å². The molecule has 0 atom stereocenters. The number of benzene rings is 2. The van der Waals surface area contributed by atoms with Crippen molar-refractivity contribution < 1.29 is 23.8 Å². The lowest BCUT2D eigenvalue weighted by atomic mass is 10.0. The van der Waals surface area contributed by atoms with Gasteiger partial charge in [-0.05, 0) is 87.1 Å². The minimum Gasteiger partial charge on any atom is -0.493 e. The van der Waals surface area contributed by atoms with Crippen molar-refractivity contribution in [3.8, 4) is 11.5 Å². The summed E-state index contributed by atoms with van der Waals surface area (Å²) in [5, 5.41) is 0. The van der Waals surface area contributed by atoms with Gasteiger partial charge in [0, 0.05) is 41.6 Å². The van der Waals surface area contributed by atoms with Crippen LogP contribution in [0.4, 0.5) is 0 Å². The minimum absolute atomic E-state index is 0.0134. The van der Waals surface area contributed by atoms with Crippen molar-refractivity contribution in [2.45, 2.75) is 65.8 Å². The van der Waals surface area contributed by atoms with Crippen LogP contribution in [0.5, 0.6) is 11.5 Å². The number of methoxy groups -OCH3 is 2. The van der Waals surface area contributed by atoms with Crippen LogP contribution in [0.25, 0.3) is 0 Å². The fourth-order valence-corrected chi connectivity index (χ4v) is 5.85. The van der Waals surface area contributed by atoms with E-state index in [0.717, 1.165) is 23.3 Å². The lowest BCUT2D eigenvalue weighted by Crippen LogP contribution is -2.44. The van der Waals surface area contributed by atoms with Gasteiger partial charge in [-0.2, -0.15) is 0 Å². The zero-order valence-corrected chi connectivity index (χ0v) is 27.3. The molecule has 234 valence electrons. The Balaban J connectivity index is 1.77. The Morgan fingerprint density at radius 2 is 1.53 bits per heavy atom. The second-order valence-electron chi connectivity index (χ2n) is 10.7. The molecule has 2 amide bonds. The van der Waals surface area contributed by atoms with E-state index in [1.807, 2.05) is 54.3 Å². The molecule has 3 rings (SSSR count). The topological polar surface area (TPSA) is 68.3 Å². The van der Waals surface area contributed by atoms with Gasteiger partial charge in [0.15, 0.2) is 11.5 Å². The second kappa shape index (κ2) is 18.3. The first kappa shape index (κ1) is 34.1. The van der Waals surface area contributed by atoms with Gasteiger partial charge in [-0.15, -0.1) is 11.3 Å². The molecule has 0 aliphatic rings. The molecular formula is C35H48N2O5S. The molecule has 0 saturated carbocycles. The molecule has 0 saturated heterocycles. The number of amides is 2. The average Bonchev–Trinajstić information content (AvgIpc) is 3.44.